The Morgan fingerprint density at radius 2 is 1.80 bits per heavy atom. The highest BCUT2D eigenvalue weighted by molar-refractivity contribution is 6.31. The summed E-state index contributed by atoms with van der Waals surface area (Å²) in [7, 11) is 0. The van der Waals surface area contributed by atoms with E-state index in [-0.39, 0.29) is 0 Å². The lowest BCUT2D eigenvalue weighted by Gasteiger charge is -2.00. The molecule has 0 aliphatic rings. The number of nitrogens with two attached hydrogens (primary N) is 1. The molecule has 3 aromatic rings. The van der Waals surface area contributed by atoms with Gasteiger partial charge < -0.3 is 10.3 Å². The molecule has 0 aliphatic heterocycles. The zero-order valence-corrected chi connectivity index (χ0v) is 11.7. The third kappa shape index (κ3) is 2.48. The summed E-state index contributed by atoms with van der Waals surface area (Å²) in [4.78, 5) is 4.32. The van der Waals surface area contributed by atoms with Crippen molar-refractivity contribution in [2.24, 2.45) is 0 Å². The van der Waals surface area contributed by atoms with Gasteiger partial charge >= 0.3 is 0 Å². The Hall–Kier alpha value is -2.04. The summed E-state index contributed by atoms with van der Waals surface area (Å²) in [5.74, 6) is 0.766. The van der Waals surface area contributed by atoms with Crippen LogP contribution in [0.1, 0.15) is 0 Å². The van der Waals surface area contributed by atoms with Crippen LogP contribution in [0.3, 0.4) is 0 Å². The molecule has 1 heterocycles. The van der Waals surface area contributed by atoms with Gasteiger partial charge in [-0.15, -0.1) is 0 Å². The second-order valence-corrected chi connectivity index (χ2v) is 5.04. The standard InChI is InChI=1S/C14H9Cl2N3O/c15-9-3-1-2-8(6-9)13-18-14(20-19-13)11-7-10(16)4-5-12(11)17/h1-7H,17H2. The smallest absolute Gasteiger partial charge is 0.260 e. The van der Waals surface area contributed by atoms with Gasteiger partial charge in [-0.1, -0.05) is 40.5 Å². The molecule has 0 aliphatic carbocycles. The van der Waals surface area contributed by atoms with Crippen molar-refractivity contribution < 1.29 is 4.52 Å². The fraction of sp³-hybridized carbons (Fsp3) is 0. The molecular formula is C14H9Cl2N3O. The van der Waals surface area contributed by atoms with Crippen LogP contribution in [0, 0.1) is 0 Å². The molecule has 0 spiro atoms. The first kappa shape index (κ1) is 13.0. The predicted octanol–water partition coefficient (Wildman–Crippen LogP) is 4.29. The number of rotatable bonds is 2. The van der Waals surface area contributed by atoms with Crippen molar-refractivity contribution in [1.82, 2.24) is 10.1 Å². The summed E-state index contributed by atoms with van der Waals surface area (Å²) in [6.45, 7) is 0. The molecule has 20 heavy (non-hydrogen) atoms. The minimum atomic E-state index is 0.319. The van der Waals surface area contributed by atoms with Gasteiger partial charge in [0.05, 0.1) is 5.56 Å². The third-order valence-corrected chi connectivity index (χ3v) is 3.22. The van der Waals surface area contributed by atoms with Crippen LogP contribution in [0.5, 0.6) is 0 Å². The molecule has 100 valence electrons. The second kappa shape index (κ2) is 5.15. The Bertz CT molecular complexity index is 771. The number of hydrogen-bond donors (Lipinski definition) is 1. The number of benzene rings is 2. The number of hydrogen-bond acceptors (Lipinski definition) is 4. The first-order valence-electron chi connectivity index (χ1n) is 5.78. The molecule has 0 radical (unpaired) electrons. The number of nitrogens with zero attached hydrogens (tertiary/aromatic N) is 2. The van der Waals surface area contributed by atoms with Crippen molar-refractivity contribution >= 4 is 28.9 Å². The number of nitrogen functional groups attached to an aromatic ring is 1. The van der Waals surface area contributed by atoms with Gasteiger partial charge in [0, 0.05) is 21.3 Å². The SMILES string of the molecule is Nc1ccc(Cl)cc1-c1nc(-c2cccc(Cl)c2)no1. The summed E-state index contributed by atoms with van der Waals surface area (Å²) in [5, 5.41) is 5.09. The van der Waals surface area contributed by atoms with Gasteiger partial charge in [-0.2, -0.15) is 4.98 Å². The van der Waals surface area contributed by atoms with Gasteiger partial charge in [-0.05, 0) is 30.3 Å². The van der Waals surface area contributed by atoms with E-state index in [4.69, 9.17) is 33.5 Å². The first-order chi connectivity index (χ1) is 9.63. The molecule has 4 nitrogen and oxygen atoms in total. The molecule has 6 heteroatoms. The molecular weight excluding hydrogens is 297 g/mol. The van der Waals surface area contributed by atoms with Crippen molar-refractivity contribution in [3.8, 4) is 22.8 Å². The van der Waals surface area contributed by atoms with E-state index in [9.17, 15) is 0 Å². The fourth-order valence-corrected chi connectivity index (χ4v) is 2.15. The molecule has 0 unspecified atom stereocenters. The lowest BCUT2D eigenvalue weighted by molar-refractivity contribution is 0.432. The van der Waals surface area contributed by atoms with E-state index >= 15 is 0 Å². The predicted molar refractivity (Wildman–Crippen MR) is 79.6 cm³/mol. The molecule has 0 saturated heterocycles. The highest BCUT2D eigenvalue weighted by Crippen LogP contribution is 2.29. The minimum absolute atomic E-state index is 0.319. The number of aromatic nitrogens is 2. The summed E-state index contributed by atoms with van der Waals surface area (Å²) in [6.07, 6.45) is 0. The zero-order chi connectivity index (χ0) is 14.1. The molecule has 0 amide bonds. The Balaban J connectivity index is 2.04. The average Bonchev–Trinajstić information content (AvgIpc) is 2.91. The highest BCUT2D eigenvalue weighted by Gasteiger charge is 2.13. The van der Waals surface area contributed by atoms with Gasteiger partial charge in [-0.3, -0.25) is 0 Å². The Labute approximate surface area is 125 Å². The Morgan fingerprint density at radius 1 is 1.00 bits per heavy atom. The van der Waals surface area contributed by atoms with Crippen LogP contribution in [0.25, 0.3) is 22.8 Å². The highest BCUT2D eigenvalue weighted by atomic mass is 35.5. The van der Waals surface area contributed by atoms with Gasteiger partial charge in [-0.25, -0.2) is 0 Å². The van der Waals surface area contributed by atoms with E-state index < -0.39 is 0 Å². The maximum Gasteiger partial charge on any atom is 0.260 e. The van der Waals surface area contributed by atoms with Crippen LogP contribution in [-0.2, 0) is 0 Å². The van der Waals surface area contributed by atoms with Gasteiger partial charge in [0.1, 0.15) is 0 Å². The quantitative estimate of drug-likeness (QED) is 0.717. The van der Waals surface area contributed by atoms with Crippen molar-refractivity contribution in [2.45, 2.75) is 0 Å². The van der Waals surface area contributed by atoms with E-state index in [0.717, 1.165) is 5.56 Å². The van der Waals surface area contributed by atoms with Crippen LogP contribution < -0.4 is 5.73 Å². The number of halogens is 2. The van der Waals surface area contributed by atoms with Gasteiger partial charge in [0.25, 0.3) is 5.89 Å². The lowest BCUT2D eigenvalue weighted by atomic mass is 10.2. The normalized spacial score (nSPS) is 10.7. The van der Waals surface area contributed by atoms with Crippen molar-refractivity contribution in [2.75, 3.05) is 5.73 Å². The third-order valence-electron chi connectivity index (χ3n) is 2.75. The van der Waals surface area contributed by atoms with Crippen LogP contribution in [-0.4, -0.2) is 10.1 Å². The van der Waals surface area contributed by atoms with E-state index in [2.05, 4.69) is 10.1 Å². The molecule has 0 atom stereocenters. The van der Waals surface area contributed by atoms with Crippen LogP contribution in [0.4, 0.5) is 5.69 Å². The monoisotopic (exact) mass is 305 g/mol. The molecule has 2 aromatic carbocycles. The van der Waals surface area contributed by atoms with Gasteiger partial charge in [0.15, 0.2) is 0 Å². The second-order valence-electron chi connectivity index (χ2n) is 4.17. The fourth-order valence-electron chi connectivity index (χ4n) is 1.79. The Morgan fingerprint density at radius 3 is 2.60 bits per heavy atom. The molecule has 2 N–H and O–H groups in total. The molecule has 0 fully saturated rings. The largest absolute Gasteiger partial charge is 0.398 e. The van der Waals surface area contributed by atoms with Crippen molar-refractivity contribution in [1.29, 1.82) is 0 Å². The van der Waals surface area contributed by atoms with Crippen LogP contribution in [0.15, 0.2) is 47.0 Å². The minimum Gasteiger partial charge on any atom is -0.398 e. The van der Waals surface area contributed by atoms with E-state index in [1.54, 1.807) is 30.3 Å². The molecule has 1 aromatic heterocycles. The van der Waals surface area contributed by atoms with E-state index in [0.29, 0.717) is 33.0 Å². The van der Waals surface area contributed by atoms with Gasteiger partial charge in [0.2, 0.25) is 5.82 Å². The first-order valence-corrected chi connectivity index (χ1v) is 6.54. The van der Waals surface area contributed by atoms with Crippen LogP contribution in [0.2, 0.25) is 10.0 Å². The average molecular weight is 306 g/mol. The maximum atomic E-state index is 5.95. The molecule has 3 rings (SSSR count). The van der Waals surface area contributed by atoms with E-state index in [1.165, 1.54) is 0 Å². The lowest BCUT2D eigenvalue weighted by Crippen LogP contribution is -1.90. The van der Waals surface area contributed by atoms with Crippen LogP contribution >= 0.6 is 23.2 Å². The number of anilines is 1. The zero-order valence-electron chi connectivity index (χ0n) is 10.2. The molecule has 0 saturated carbocycles. The van der Waals surface area contributed by atoms with Crippen molar-refractivity contribution in [3.05, 3.63) is 52.5 Å². The summed E-state index contributed by atoms with van der Waals surface area (Å²) < 4.78 is 5.24. The maximum absolute atomic E-state index is 5.95. The topological polar surface area (TPSA) is 64.9 Å². The van der Waals surface area contributed by atoms with E-state index in [1.807, 2.05) is 12.1 Å². The summed E-state index contributed by atoms with van der Waals surface area (Å²) in [5.41, 5.74) is 7.79. The van der Waals surface area contributed by atoms with Crippen molar-refractivity contribution in [3.63, 3.8) is 0 Å². The Kier molecular flexibility index (Phi) is 3.34. The summed E-state index contributed by atoms with van der Waals surface area (Å²) in [6, 6.07) is 12.3. The molecule has 0 bridgehead atoms. The summed E-state index contributed by atoms with van der Waals surface area (Å²) >= 11 is 11.9.